The van der Waals surface area contributed by atoms with E-state index in [2.05, 4.69) is 10.3 Å². The van der Waals surface area contributed by atoms with E-state index in [1.54, 1.807) is 42.9 Å². The van der Waals surface area contributed by atoms with Crippen LogP contribution in [-0.2, 0) is 22.6 Å². The molecule has 162 valence electrons. The highest BCUT2D eigenvalue weighted by molar-refractivity contribution is 7.10. The summed E-state index contributed by atoms with van der Waals surface area (Å²) in [4.78, 5) is 33.7. The number of amides is 2. The molecule has 1 aromatic carbocycles. The van der Waals surface area contributed by atoms with Crippen molar-refractivity contribution in [1.82, 2.24) is 10.3 Å². The number of anilines is 1. The maximum atomic E-state index is 13.5. The van der Waals surface area contributed by atoms with Gasteiger partial charge < -0.3 is 9.73 Å². The van der Waals surface area contributed by atoms with Gasteiger partial charge in [-0.3, -0.25) is 19.5 Å². The molecule has 1 N–H and O–H groups in total. The van der Waals surface area contributed by atoms with Crippen LogP contribution in [0.2, 0.25) is 0 Å². The van der Waals surface area contributed by atoms with Gasteiger partial charge in [0.05, 0.1) is 31.1 Å². The van der Waals surface area contributed by atoms with Crippen LogP contribution < -0.4 is 10.2 Å². The Bertz CT molecular complexity index is 1140. The Hall–Kier alpha value is -3.71. The van der Waals surface area contributed by atoms with Crippen LogP contribution in [0.4, 0.5) is 5.69 Å². The zero-order valence-electron chi connectivity index (χ0n) is 17.6. The van der Waals surface area contributed by atoms with Gasteiger partial charge in [0, 0.05) is 11.1 Å². The summed E-state index contributed by atoms with van der Waals surface area (Å²) in [6.07, 6.45) is 5.00. The predicted molar refractivity (Wildman–Crippen MR) is 124 cm³/mol. The number of rotatable bonds is 8. The molecule has 0 saturated heterocycles. The number of furan rings is 1. The number of thiophene rings is 1. The second-order valence-electron chi connectivity index (χ2n) is 7.34. The van der Waals surface area contributed by atoms with Gasteiger partial charge in [-0.1, -0.05) is 35.9 Å². The first-order valence-electron chi connectivity index (χ1n) is 10.2. The largest absolute Gasteiger partial charge is 0.467 e. The molecule has 7 heteroatoms. The third-order valence-corrected chi connectivity index (χ3v) is 5.89. The van der Waals surface area contributed by atoms with Crippen LogP contribution in [0.5, 0.6) is 0 Å². The first-order valence-corrected chi connectivity index (χ1v) is 11.1. The fourth-order valence-corrected chi connectivity index (χ4v) is 4.13. The van der Waals surface area contributed by atoms with Crippen LogP contribution in [-0.4, -0.2) is 16.8 Å². The molecule has 0 saturated carbocycles. The lowest BCUT2D eigenvalue weighted by Gasteiger charge is -2.31. The molecule has 4 rings (SSSR count). The molecule has 0 fully saturated rings. The monoisotopic (exact) mass is 445 g/mol. The molecule has 2 amide bonds. The normalized spacial score (nSPS) is 11.7. The number of aryl methyl sites for hydroxylation is 1. The molecule has 4 aromatic rings. The van der Waals surface area contributed by atoms with Crippen molar-refractivity contribution in [3.8, 4) is 0 Å². The van der Waals surface area contributed by atoms with Gasteiger partial charge in [0.1, 0.15) is 11.8 Å². The summed E-state index contributed by atoms with van der Waals surface area (Å²) in [5.41, 5.74) is 2.35. The maximum absolute atomic E-state index is 13.5. The summed E-state index contributed by atoms with van der Waals surface area (Å²) in [6.45, 7) is 2.21. The van der Waals surface area contributed by atoms with Gasteiger partial charge in [-0.25, -0.2) is 0 Å². The standard InChI is InChI=1S/C25H23N3O3S/c1-18-8-10-19(11-9-18)24(25(30)27-17-21-6-3-13-31-21)28(20-5-2-12-26-16-20)23(29)15-22-7-4-14-32-22/h2-14,16,24H,15,17H2,1H3,(H,27,30)/t24-/m0/s1. The molecule has 0 bridgehead atoms. The number of hydrogen-bond acceptors (Lipinski definition) is 5. The molecule has 1 atom stereocenters. The van der Waals surface area contributed by atoms with E-state index in [4.69, 9.17) is 4.42 Å². The number of carbonyl (C=O) groups is 2. The Morgan fingerprint density at radius 2 is 1.94 bits per heavy atom. The van der Waals surface area contributed by atoms with Crippen molar-refractivity contribution < 1.29 is 14.0 Å². The molecule has 32 heavy (non-hydrogen) atoms. The second-order valence-corrected chi connectivity index (χ2v) is 8.37. The third kappa shape index (κ3) is 5.12. The summed E-state index contributed by atoms with van der Waals surface area (Å²) in [6, 6.07) is 17.7. The van der Waals surface area contributed by atoms with E-state index in [-0.39, 0.29) is 24.8 Å². The van der Waals surface area contributed by atoms with Gasteiger partial charge in [0.15, 0.2) is 0 Å². The lowest BCUT2D eigenvalue weighted by Crippen LogP contribution is -2.44. The van der Waals surface area contributed by atoms with Crippen molar-refractivity contribution in [2.75, 3.05) is 4.90 Å². The Morgan fingerprint density at radius 1 is 1.09 bits per heavy atom. The number of aromatic nitrogens is 1. The first kappa shape index (κ1) is 21.5. The van der Waals surface area contributed by atoms with E-state index < -0.39 is 6.04 Å². The van der Waals surface area contributed by atoms with Crippen LogP contribution in [0.25, 0.3) is 0 Å². The quantitative estimate of drug-likeness (QED) is 0.427. The van der Waals surface area contributed by atoms with Crippen LogP contribution >= 0.6 is 11.3 Å². The van der Waals surface area contributed by atoms with E-state index in [1.165, 1.54) is 16.2 Å². The number of benzene rings is 1. The van der Waals surface area contributed by atoms with E-state index >= 15 is 0 Å². The van der Waals surface area contributed by atoms with Crippen molar-refractivity contribution >= 4 is 28.8 Å². The minimum absolute atomic E-state index is 0.181. The summed E-state index contributed by atoms with van der Waals surface area (Å²) in [7, 11) is 0. The van der Waals surface area contributed by atoms with Crippen LogP contribution in [0.15, 0.2) is 89.1 Å². The molecular formula is C25H23N3O3S. The number of nitrogens with zero attached hydrogens (tertiary/aromatic N) is 2. The van der Waals surface area contributed by atoms with Crippen molar-refractivity contribution in [3.05, 3.63) is 106 Å². The molecule has 0 spiro atoms. The van der Waals surface area contributed by atoms with E-state index in [1.807, 2.05) is 48.7 Å². The van der Waals surface area contributed by atoms with Crippen molar-refractivity contribution in [1.29, 1.82) is 0 Å². The minimum Gasteiger partial charge on any atom is -0.467 e. The Labute approximate surface area is 190 Å². The summed E-state index contributed by atoms with van der Waals surface area (Å²) in [5.74, 6) is 0.159. The lowest BCUT2D eigenvalue weighted by atomic mass is 10.0. The number of nitrogens with one attached hydrogen (secondary N) is 1. The van der Waals surface area contributed by atoms with Gasteiger partial charge >= 0.3 is 0 Å². The van der Waals surface area contributed by atoms with E-state index in [0.29, 0.717) is 11.4 Å². The number of hydrogen-bond donors (Lipinski definition) is 1. The fourth-order valence-electron chi connectivity index (χ4n) is 3.43. The zero-order chi connectivity index (χ0) is 22.3. The molecule has 3 heterocycles. The SMILES string of the molecule is Cc1ccc([C@@H](C(=O)NCc2ccco2)N(C(=O)Cc2cccs2)c2cccnc2)cc1. The van der Waals surface area contributed by atoms with Gasteiger partial charge in [-0.15, -0.1) is 11.3 Å². The zero-order valence-corrected chi connectivity index (χ0v) is 18.4. The Kier molecular flexibility index (Phi) is 6.77. The van der Waals surface area contributed by atoms with Gasteiger partial charge in [-0.05, 0) is 48.2 Å². The topological polar surface area (TPSA) is 75.4 Å². The first-order chi connectivity index (χ1) is 15.6. The number of carbonyl (C=O) groups excluding carboxylic acids is 2. The lowest BCUT2D eigenvalue weighted by molar-refractivity contribution is -0.126. The van der Waals surface area contributed by atoms with Gasteiger partial charge in [-0.2, -0.15) is 0 Å². The van der Waals surface area contributed by atoms with Crippen molar-refractivity contribution in [3.63, 3.8) is 0 Å². The smallest absolute Gasteiger partial charge is 0.248 e. The van der Waals surface area contributed by atoms with E-state index in [9.17, 15) is 9.59 Å². The summed E-state index contributed by atoms with van der Waals surface area (Å²) >= 11 is 1.51. The average Bonchev–Trinajstić information content (AvgIpc) is 3.51. The highest BCUT2D eigenvalue weighted by Crippen LogP contribution is 2.29. The van der Waals surface area contributed by atoms with Gasteiger partial charge in [0.25, 0.3) is 0 Å². The molecule has 6 nitrogen and oxygen atoms in total. The Balaban J connectivity index is 1.71. The minimum atomic E-state index is -0.859. The predicted octanol–water partition coefficient (Wildman–Crippen LogP) is 4.68. The highest BCUT2D eigenvalue weighted by Gasteiger charge is 2.33. The van der Waals surface area contributed by atoms with Crippen molar-refractivity contribution in [2.45, 2.75) is 25.9 Å². The third-order valence-electron chi connectivity index (χ3n) is 5.01. The van der Waals surface area contributed by atoms with Crippen LogP contribution in [0.1, 0.15) is 27.8 Å². The fraction of sp³-hybridized carbons (Fsp3) is 0.160. The summed E-state index contributed by atoms with van der Waals surface area (Å²) < 4.78 is 5.34. The molecule has 3 aromatic heterocycles. The molecule has 0 aliphatic rings. The molecule has 0 unspecified atom stereocenters. The summed E-state index contributed by atoms with van der Waals surface area (Å²) in [5, 5.41) is 4.85. The van der Waals surface area contributed by atoms with E-state index in [0.717, 1.165) is 16.0 Å². The molecule has 0 aliphatic carbocycles. The highest BCUT2D eigenvalue weighted by atomic mass is 32.1. The molecular weight excluding hydrogens is 422 g/mol. The second kappa shape index (κ2) is 10.1. The molecule has 0 aliphatic heterocycles. The van der Waals surface area contributed by atoms with Crippen molar-refractivity contribution in [2.24, 2.45) is 0 Å². The van der Waals surface area contributed by atoms with Crippen LogP contribution in [0.3, 0.4) is 0 Å². The average molecular weight is 446 g/mol. The van der Waals surface area contributed by atoms with Gasteiger partial charge in [0.2, 0.25) is 11.8 Å². The number of pyridine rings is 1. The Morgan fingerprint density at radius 3 is 2.59 bits per heavy atom. The maximum Gasteiger partial charge on any atom is 0.248 e. The van der Waals surface area contributed by atoms with Crippen LogP contribution in [0, 0.1) is 6.92 Å². The molecule has 0 radical (unpaired) electrons.